The van der Waals surface area contributed by atoms with Gasteiger partial charge in [-0.1, -0.05) is 41.9 Å². The van der Waals surface area contributed by atoms with Crippen LogP contribution in [0.3, 0.4) is 0 Å². The monoisotopic (exact) mass is 520 g/mol. The molecule has 5 rings (SSSR count). The van der Waals surface area contributed by atoms with Gasteiger partial charge in [-0.25, -0.2) is 9.48 Å². The summed E-state index contributed by atoms with van der Waals surface area (Å²) >= 11 is 6.13. The van der Waals surface area contributed by atoms with Crippen LogP contribution in [0.5, 0.6) is 0 Å². The van der Waals surface area contributed by atoms with Crippen LogP contribution in [-0.2, 0) is 4.74 Å². The zero-order valence-corrected chi connectivity index (χ0v) is 22.3. The van der Waals surface area contributed by atoms with Crippen molar-refractivity contribution in [3.05, 3.63) is 82.6 Å². The number of likely N-dealkylation sites (tertiary alicyclic amines) is 2. The SMILES string of the molecule is CC(C)(C)OC(=O)N1CCC(c2c(C(=O)N3CC[C@H](c4ccccc4)C3)cnn2-c2ccc(Cl)cc2)C1. The number of hydrogen-bond acceptors (Lipinski definition) is 4. The molecule has 8 heteroatoms. The van der Waals surface area contributed by atoms with Crippen LogP contribution >= 0.6 is 11.6 Å². The van der Waals surface area contributed by atoms with Crippen molar-refractivity contribution in [2.75, 3.05) is 26.2 Å². The molecule has 3 heterocycles. The van der Waals surface area contributed by atoms with E-state index >= 15 is 0 Å². The second kappa shape index (κ2) is 10.2. The smallest absolute Gasteiger partial charge is 0.410 e. The minimum Gasteiger partial charge on any atom is -0.444 e. The highest BCUT2D eigenvalue weighted by Gasteiger charge is 2.37. The number of benzene rings is 2. The average molecular weight is 521 g/mol. The minimum absolute atomic E-state index is 0.00985. The van der Waals surface area contributed by atoms with Gasteiger partial charge in [-0.3, -0.25) is 4.79 Å². The van der Waals surface area contributed by atoms with Crippen LogP contribution in [0.4, 0.5) is 4.79 Å². The molecule has 1 unspecified atom stereocenters. The van der Waals surface area contributed by atoms with Crippen LogP contribution in [0, 0.1) is 0 Å². The molecular formula is C29H33ClN4O3. The Bertz CT molecular complexity index is 1270. The van der Waals surface area contributed by atoms with Crippen molar-refractivity contribution in [3.8, 4) is 5.69 Å². The maximum Gasteiger partial charge on any atom is 0.410 e. The van der Waals surface area contributed by atoms with Gasteiger partial charge in [0.1, 0.15) is 5.60 Å². The summed E-state index contributed by atoms with van der Waals surface area (Å²) < 4.78 is 7.43. The van der Waals surface area contributed by atoms with Gasteiger partial charge < -0.3 is 14.5 Å². The molecule has 2 atom stereocenters. The van der Waals surface area contributed by atoms with Crippen molar-refractivity contribution in [2.24, 2.45) is 0 Å². The molecule has 2 aromatic carbocycles. The number of carbonyl (C=O) groups excluding carboxylic acids is 2. The fourth-order valence-corrected chi connectivity index (χ4v) is 5.42. The van der Waals surface area contributed by atoms with Gasteiger partial charge in [0, 0.05) is 43.0 Å². The van der Waals surface area contributed by atoms with E-state index in [0.717, 1.165) is 24.2 Å². The van der Waals surface area contributed by atoms with E-state index in [2.05, 4.69) is 17.2 Å². The van der Waals surface area contributed by atoms with Crippen LogP contribution in [0.25, 0.3) is 5.69 Å². The fourth-order valence-electron chi connectivity index (χ4n) is 5.29. The summed E-state index contributed by atoms with van der Waals surface area (Å²) in [5, 5.41) is 5.29. The minimum atomic E-state index is -0.563. The van der Waals surface area contributed by atoms with Gasteiger partial charge in [-0.05, 0) is 63.4 Å². The summed E-state index contributed by atoms with van der Waals surface area (Å²) in [6.07, 6.45) is 3.02. The summed E-state index contributed by atoms with van der Waals surface area (Å²) in [5.74, 6) is 0.274. The molecule has 0 aliphatic carbocycles. The Kier molecular flexibility index (Phi) is 6.99. The van der Waals surface area contributed by atoms with Crippen molar-refractivity contribution in [1.82, 2.24) is 19.6 Å². The van der Waals surface area contributed by atoms with E-state index in [4.69, 9.17) is 16.3 Å². The highest BCUT2D eigenvalue weighted by molar-refractivity contribution is 6.30. The summed E-state index contributed by atoms with van der Waals surface area (Å²) in [4.78, 5) is 30.3. The number of hydrogen-bond donors (Lipinski definition) is 0. The zero-order valence-electron chi connectivity index (χ0n) is 21.6. The first kappa shape index (κ1) is 25.3. The Morgan fingerprint density at radius 2 is 1.57 bits per heavy atom. The zero-order chi connectivity index (χ0) is 26.2. The second-order valence-corrected chi connectivity index (χ2v) is 11.3. The first-order chi connectivity index (χ1) is 17.7. The molecule has 1 aromatic heterocycles. The number of aromatic nitrogens is 2. The van der Waals surface area contributed by atoms with Gasteiger partial charge >= 0.3 is 6.09 Å². The quantitative estimate of drug-likeness (QED) is 0.431. The van der Waals surface area contributed by atoms with Crippen LogP contribution in [0.15, 0.2) is 60.8 Å². The third-order valence-electron chi connectivity index (χ3n) is 7.08. The lowest BCUT2D eigenvalue weighted by atomic mass is 9.98. The Balaban J connectivity index is 1.43. The number of carbonyl (C=O) groups is 2. The number of rotatable bonds is 4. The lowest BCUT2D eigenvalue weighted by Crippen LogP contribution is -2.35. The molecular weight excluding hydrogens is 488 g/mol. The standard InChI is InChI=1S/C29H33ClN4O3/c1-29(2,3)37-28(36)33-16-14-22(19-33)26-25(17-31-34(26)24-11-9-23(30)10-12-24)27(35)32-15-13-21(18-32)20-7-5-4-6-8-20/h4-12,17,21-22H,13-16,18-19H2,1-3H3/t21-,22?/m0/s1. The first-order valence-corrected chi connectivity index (χ1v) is 13.2. The van der Waals surface area contributed by atoms with Gasteiger partial charge in [0.2, 0.25) is 0 Å². The van der Waals surface area contributed by atoms with E-state index in [0.29, 0.717) is 42.7 Å². The van der Waals surface area contributed by atoms with Crippen molar-refractivity contribution < 1.29 is 14.3 Å². The molecule has 0 bridgehead atoms. The molecule has 0 radical (unpaired) electrons. The van der Waals surface area contributed by atoms with E-state index in [1.54, 1.807) is 11.1 Å². The fraction of sp³-hybridized carbons (Fsp3) is 0.414. The predicted octanol–water partition coefficient (Wildman–Crippen LogP) is 5.88. The Morgan fingerprint density at radius 1 is 0.919 bits per heavy atom. The third kappa shape index (κ3) is 5.52. The van der Waals surface area contributed by atoms with E-state index in [1.807, 2.05) is 72.8 Å². The van der Waals surface area contributed by atoms with Crippen molar-refractivity contribution in [3.63, 3.8) is 0 Å². The Labute approximate surface area is 223 Å². The van der Waals surface area contributed by atoms with Crippen LogP contribution in [-0.4, -0.2) is 63.4 Å². The number of amides is 2. The molecule has 0 saturated carbocycles. The molecule has 2 aliphatic heterocycles. The van der Waals surface area contributed by atoms with Gasteiger partial charge in [-0.2, -0.15) is 5.10 Å². The van der Waals surface area contributed by atoms with Gasteiger partial charge in [0.15, 0.2) is 0 Å². The number of ether oxygens (including phenoxy) is 1. The maximum atomic E-state index is 13.8. The van der Waals surface area contributed by atoms with Crippen molar-refractivity contribution in [1.29, 1.82) is 0 Å². The summed E-state index contributed by atoms with van der Waals surface area (Å²) in [6, 6.07) is 17.8. The maximum absolute atomic E-state index is 13.8. The number of halogens is 1. The molecule has 2 aliphatic rings. The van der Waals surface area contributed by atoms with Gasteiger partial charge in [0.05, 0.1) is 23.1 Å². The Morgan fingerprint density at radius 3 is 2.27 bits per heavy atom. The molecule has 3 aromatic rings. The van der Waals surface area contributed by atoms with Crippen LogP contribution in [0.2, 0.25) is 5.02 Å². The molecule has 2 amide bonds. The molecule has 7 nitrogen and oxygen atoms in total. The van der Waals surface area contributed by atoms with E-state index in [1.165, 1.54) is 5.56 Å². The molecule has 37 heavy (non-hydrogen) atoms. The van der Waals surface area contributed by atoms with E-state index in [9.17, 15) is 9.59 Å². The van der Waals surface area contributed by atoms with Gasteiger partial charge in [-0.15, -0.1) is 0 Å². The molecule has 2 saturated heterocycles. The number of nitrogens with zero attached hydrogens (tertiary/aromatic N) is 4. The Hall–Kier alpha value is -3.32. The normalized spacial score (nSPS) is 19.9. The molecule has 2 fully saturated rings. The highest BCUT2D eigenvalue weighted by atomic mass is 35.5. The third-order valence-corrected chi connectivity index (χ3v) is 7.33. The summed E-state index contributed by atoms with van der Waals surface area (Å²) in [6.45, 7) is 8.03. The van der Waals surface area contributed by atoms with Crippen molar-refractivity contribution >= 4 is 23.6 Å². The lowest BCUT2D eigenvalue weighted by Gasteiger charge is -2.24. The predicted molar refractivity (Wildman–Crippen MR) is 143 cm³/mol. The highest BCUT2D eigenvalue weighted by Crippen LogP contribution is 2.35. The van der Waals surface area contributed by atoms with Gasteiger partial charge in [0.25, 0.3) is 5.91 Å². The van der Waals surface area contributed by atoms with Crippen molar-refractivity contribution in [2.45, 2.75) is 51.0 Å². The molecule has 0 spiro atoms. The summed E-state index contributed by atoms with van der Waals surface area (Å²) in [7, 11) is 0. The second-order valence-electron chi connectivity index (χ2n) is 10.9. The topological polar surface area (TPSA) is 67.7 Å². The average Bonchev–Trinajstić information content (AvgIpc) is 3.63. The molecule has 194 valence electrons. The van der Waals surface area contributed by atoms with E-state index in [-0.39, 0.29) is 17.9 Å². The largest absolute Gasteiger partial charge is 0.444 e. The van der Waals surface area contributed by atoms with Crippen LogP contribution in [0.1, 0.15) is 67.1 Å². The molecule has 0 N–H and O–H groups in total. The first-order valence-electron chi connectivity index (χ1n) is 12.9. The summed E-state index contributed by atoms with van der Waals surface area (Å²) in [5.41, 5.74) is 2.96. The van der Waals surface area contributed by atoms with E-state index < -0.39 is 5.60 Å². The lowest BCUT2D eigenvalue weighted by molar-refractivity contribution is 0.0292. The van der Waals surface area contributed by atoms with Crippen LogP contribution < -0.4 is 0 Å².